The minimum absolute atomic E-state index is 0.0685. The molecule has 0 amide bonds. The Bertz CT molecular complexity index is 127. The van der Waals surface area contributed by atoms with Crippen molar-refractivity contribution in [3.05, 3.63) is 0 Å². The SMILES string of the molecule is NNC(N)CCCN1CCOCC1. The predicted octanol–water partition coefficient (Wildman–Crippen LogP) is -1.15. The molecule has 5 heteroatoms. The summed E-state index contributed by atoms with van der Waals surface area (Å²) in [6, 6.07) is 0. The Balaban J connectivity index is 1.98. The fraction of sp³-hybridized carbons (Fsp3) is 1.00. The van der Waals surface area contributed by atoms with Gasteiger partial charge in [-0.05, 0) is 19.4 Å². The van der Waals surface area contributed by atoms with E-state index >= 15 is 0 Å². The van der Waals surface area contributed by atoms with Gasteiger partial charge in [-0.15, -0.1) is 0 Å². The second kappa shape index (κ2) is 6.28. The summed E-state index contributed by atoms with van der Waals surface area (Å²) in [4.78, 5) is 2.40. The molecule has 0 spiro atoms. The molecule has 0 aliphatic carbocycles. The Morgan fingerprint density at radius 2 is 2.08 bits per heavy atom. The largest absolute Gasteiger partial charge is 0.379 e. The second-order valence-corrected chi connectivity index (χ2v) is 3.37. The standard InChI is InChI=1S/C8H20N4O/c9-8(11-10)2-1-3-12-4-6-13-7-5-12/h8,11H,1-7,9-10H2. The van der Waals surface area contributed by atoms with Crippen LogP contribution in [0.1, 0.15) is 12.8 Å². The van der Waals surface area contributed by atoms with Gasteiger partial charge in [0.25, 0.3) is 0 Å². The molecule has 1 atom stereocenters. The first-order chi connectivity index (χ1) is 6.33. The van der Waals surface area contributed by atoms with Crippen molar-refractivity contribution in [2.24, 2.45) is 11.6 Å². The Morgan fingerprint density at radius 1 is 1.38 bits per heavy atom. The van der Waals surface area contributed by atoms with Crippen LogP contribution < -0.4 is 17.0 Å². The first-order valence-electron chi connectivity index (χ1n) is 4.84. The molecule has 1 aliphatic rings. The molecule has 13 heavy (non-hydrogen) atoms. The van der Waals surface area contributed by atoms with E-state index in [1.807, 2.05) is 0 Å². The van der Waals surface area contributed by atoms with Crippen molar-refractivity contribution in [1.29, 1.82) is 0 Å². The average Bonchev–Trinajstić information content (AvgIpc) is 2.19. The number of nitrogens with zero attached hydrogens (tertiary/aromatic N) is 1. The van der Waals surface area contributed by atoms with E-state index in [2.05, 4.69) is 10.3 Å². The maximum atomic E-state index is 5.61. The van der Waals surface area contributed by atoms with Gasteiger partial charge < -0.3 is 10.5 Å². The lowest BCUT2D eigenvalue weighted by molar-refractivity contribution is 0.0369. The van der Waals surface area contributed by atoms with Gasteiger partial charge in [0.05, 0.1) is 19.4 Å². The molecule has 0 radical (unpaired) electrons. The highest BCUT2D eigenvalue weighted by molar-refractivity contribution is 4.63. The molecule has 1 unspecified atom stereocenters. The van der Waals surface area contributed by atoms with Gasteiger partial charge in [0, 0.05) is 13.1 Å². The fourth-order valence-electron chi connectivity index (χ4n) is 1.44. The van der Waals surface area contributed by atoms with Gasteiger partial charge >= 0.3 is 0 Å². The Hall–Kier alpha value is -0.200. The van der Waals surface area contributed by atoms with E-state index in [-0.39, 0.29) is 6.17 Å². The van der Waals surface area contributed by atoms with Crippen LogP contribution in [-0.4, -0.2) is 43.9 Å². The lowest BCUT2D eigenvalue weighted by Gasteiger charge is -2.26. The van der Waals surface area contributed by atoms with Gasteiger partial charge in [-0.2, -0.15) is 0 Å². The highest BCUT2D eigenvalue weighted by Gasteiger charge is 2.09. The first-order valence-corrected chi connectivity index (χ1v) is 4.84. The molecule has 0 aromatic rings. The maximum absolute atomic E-state index is 5.61. The Morgan fingerprint density at radius 3 is 2.69 bits per heavy atom. The molecule has 1 fully saturated rings. The summed E-state index contributed by atoms with van der Waals surface area (Å²) in [5.41, 5.74) is 8.15. The van der Waals surface area contributed by atoms with E-state index in [0.717, 1.165) is 45.7 Å². The maximum Gasteiger partial charge on any atom is 0.0677 e. The van der Waals surface area contributed by atoms with Crippen molar-refractivity contribution in [1.82, 2.24) is 10.3 Å². The lowest BCUT2D eigenvalue weighted by atomic mass is 10.2. The van der Waals surface area contributed by atoms with Gasteiger partial charge in [-0.3, -0.25) is 10.7 Å². The fourth-order valence-corrected chi connectivity index (χ4v) is 1.44. The summed E-state index contributed by atoms with van der Waals surface area (Å²) in [5.74, 6) is 5.18. The molecule has 1 aliphatic heterocycles. The summed E-state index contributed by atoms with van der Waals surface area (Å²) in [6.45, 7) is 4.91. The number of ether oxygens (including phenoxy) is 1. The smallest absolute Gasteiger partial charge is 0.0677 e. The van der Waals surface area contributed by atoms with Crippen LogP contribution in [0.5, 0.6) is 0 Å². The molecule has 0 saturated carbocycles. The van der Waals surface area contributed by atoms with Crippen molar-refractivity contribution in [3.63, 3.8) is 0 Å². The normalized spacial score (nSPS) is 21.7. The zero-order valence-electron chi connectivity index (χ0n) is 8.04. The number of morpholine rings is 1. The van der Waals surface area contributed by atoms with Gasteiger partial charge in [0.1, 0.15) is 0 Å². The van der Waals surface area contributed by atoms with Gasteiger partial charge in [-0.25, -0.2) is 5.43 Å². The minimum atomic E-state index is -0.0685. The summed E-state index contributed by atoms with van der Waals surface area (Å²) in [7, 11) is 0. The third-order valence-corrected chi connectivity index (χ3v) is 2.31. The molecule has 5 nitrogen and oxygen atoms in total. The lowest BCUT2D eigenvalue weighted by Crippen LogP contribution is -2.43. The van der Waals surface area contributed by atoms with Crippen LogP contribution >= 0.6 is 0 Å². The number of hydrazine groups is 1. The van der Waals surface area contributed by atoms with Crippen LogP contribution in [0.4, 0.5) is 0 Å². The predicted molar refractivity (Wildman–Crippen MR) is 51.8 cm³/mol. The number of nitrogens with one attached hydrogen (secondary N) is 1. The highest BCUT2D eigenvalue weighted by Crippen LogP contribution is 2.00. The zero-order valence-corrected chi connectivity index (χ0v) is 8.04. The van der Waals surface area contributed by atoms with Crippen molar-refractivity contribution in [2.45, 2.75) is 19.0 Å². The van der Waals surface area contributed by atoms with Crippen LogP contribution in [0.25, 0.3) is 0 Å². The molecular weight excluding hydrogens is 168 g/mol. The third kappa shape index (κ3) is 4.54. The number of nitrogens with two attached hydrogens (primary N) is 2. The summed E-state index contributed by atoms with van der Waals surface area (Å²) < 4.78 is 5.25. The van der Waals surface area contributed by atoms with Gasteiger partial charge in [0.2, 0.25) is 0 Å². The van der Waals surface area contributed by atoms with Crippen LogP contribution in [0, 0.1) is 0 Å². The van der Waals surface area contributed by atoms with Crippen molar-refractivity contribution >= 4 is 0 Å². The Kier molecular flexibility index (Phi) is 5.26. The van der Waals surface area contributed by atoms with Crippen molar-refractivity contribution in [3.8, 4) is 0 Å². The zero-order chi connectivity index (χ0) is 9.52. The van der Waals surface area contributed by atoms with E-state index < -0.39 is 0 Å². The second-order valence-electron chi connectivity index (χ2n) is 3.37. The van der Waals surface area contributed by atoms with Crippen LogP contribution in [-0.2, 0) is 4.74 Å². The van der Waals surface area contributed by atoms with Crippen molar-refractivity contribution < 1.29 is 4.74 Å². The molecular formula is C8H20N4O. The molecule has 1 saturated heterocycles. The number of hydrogen-bond donors (Lipinski definition) is 3. The van der Waals surface area contributed by atoms with Crippen LogP contribution in [0.3, 0.4) is 0 Å². The number of hydrogen-bond acceptors (Lipinski definition) is 5. The Labute approximate surface area is 79.4 Å². The first kappa shape index (κ1) is 10.9. The summed E-state index contributed by atoms with van der Waals surface area (Å²) in [6.07, 6.45) is 1.94. The van der Waals surface area contributed by atoms with Crippen molar-refractivity contribution in [2.75, 3.05) is 32.8 Å². The molecule has 1 heterocycles. The molecule has 0 aromatic heterocycles. The molecule has 1 rings (SSSR count). The van der Waals surface area contributed by atoms with E-state index in [0.29, 0.717) is 0 Å². The topological polar surface area (TPSA) is 76.5 Å². The highest BCUT2D eigenvalue weighted by atomic mass is 16.5. The molecule has 78 valence electrons. The van der Waals surface area contributed by atoms with E-state index in [9.17, 15) is 0 Å². The van der Waals surface area contributed by atoms with Gasteiger partial charge in [0.15, 0.2) is 0 Å². The van der Waals surface area contributed by atoms with E-state index in [4.69, 9.17) is 16.3 Å². The minimum Gasteiger partial charge on any atom is -0.379 e. The average molecular weight is 188 g/mol. The summed E-state index contributed by atoms with van der Waals surface area (Å²) >= 11 is 0. The monoisotopic (exact) mass is 188 g/mol. The summed E-state index contributed by atoms with van der Waals surface area (Å²) in [5, 5.41) is 0. The molecule has 0 bridgehead atoms. The quantitative estimate of drug-likeness (QED) is 0.288. The van der Waals surface area contributed by atoms with E-state index in [1.54, 1.807) is 0 Å². The number of rotatable bonds is 5. The van der Waals surface area contributed by atoms with Crippen LogP contribution in [0.15, 0.2) is 0 Å². The van der Waals surface area contributed by atoms with Gasteiger partial charge in [-0.1, -0.05) is 0 Å². The van der Waals surface area contributed by atoms with E-state index in [1.165, 1.54) is 0 Å². The molecule has 0 aromatic carbocycles. The van der Waals surface area contributed by atoms with Crippen LogP contribution in [0.2, 0.25) is 0 Å². The molecule has 5 N–H and O–H groups in total. The third-order valence-electron chi connectivity index (χ3n) is 2.31.